The Hall–Kier alpha value is -1.92. The van der Waals surface area contributed by atoms with E-state index in [1.807, 2.05) is 25.1 Å². The van der Waals surface area contributed by atoms with Crippen LogP contribution in [0, 0.1) is 0 Å². The number of morpholine rings is 1. The second-order valence-electron chi connectivity index (χ2n) is 6.00. The molecule has 2 heterocycles. The summed E-state index contributed by atoms with van der Waals surface area (Å²) in [6.45, 7) is 3.83. The summed E-state index contributed by atoms with van der Waals surface area (Å²) in [6, 6.07) is 7.55. The van der Waals surface area contributed by atoms with Crippen molar-refractivity contribution in [1.29, 1.82) is 0 Å². The number of ether oxygens (including phenoxy) is 1. The molecule has 2 amide bonds. The van der Waals surface area contributed by atoms with E-state index >= 15 is 0 Å². The Bertz CT molecular complexity index is 590. The van der Waals surface area contributed by atoms with Crippen molar-refractivity contribution >= 4 is 17.5 Å². The summed E-state index contributed by atoms with van der Waals surface area (Å²) in [5.74, 6) is -0.259. The van der Waals surface area contributed by atoms with Gasteiger partial charge in [-0.15, -0.1) is 0 Å². The fourth-order valence-electron chi connectivity index (χ4n) is 3.19. The molecule has 0 saturated carbocycles. The van der Waals surface area contributed by atoms with Crippen LogP contribution >= 0.6 is 0 Å². The molecule has 2 aliphatic heterocycles. The Labute approximate surface area is 136 Å². The molecule has 0 bridgehead atoms. The van der Waals surface area contributed by atoms with Crippen molar-refractivity contribution in [2.75, 3.05) is 31.1 Å². The maximum Gasteiger partial charge on any atom is 0.246 e. The number of anilines is 1. The number of nitrogens with zero attached hydrogens (tertiary/aromatic N) is 1. The average Bonchev–Trinajstić information content (AvgIpc) is 2.59. The lowest BCUT2D eigenvalue weighted by Gasteiger charge is -2.31. The van der Waals surface area contributed by atoms with Crippen molar-refractivity contribution < 1.29 is 14.3 Å². The summed E-state index contributed by atoms with van der Waals surface area (Å²) in [5, 5.41) is 5.86. The molecular formula is C17H23N3O3. The molecule has 2 N–H and O–H groups in total. The number of carbonyl (C=O) groups is 2. The van der Waals surface area contributed by atoms with Crippen LogP contribution in [0.4, 0.5) is 5.69 Å². The first-order valence-electron chi connectivity index (χ1n) is 8.18. The molecule has 2 atom stereocenters. The van der Waals surface area contributed by atoms with Gasteiger partial charge in [0.25, 0.3) is 0 Å². The lowest BCUT2D eigenvalue weighted by molar-refractivity contribution is -0.131. The zero-order chi connectivity index (χ0) is 16.2. The van der Waals surface area contributed by atoms with Gasteiger partial charge in [0.2, 0.25) is 11.8 Å². The van der Waals surface area contributed by atoms with Crippen LogP contribution in [0.2, 0.25) is 0 Å². The van der Waals surface area contributed by atoms with Gasteiger partial charge in [-0.3, -0.25) is 9.59 Å². The third kappa shape index (κ3) is 3.54. The number of rotatable bonds is 3. The SMILES string of the molecule is C[C@H]1OCCN[C@@H]1C(=O)NCC(=O)N1CCCc2ccccc21. The highest BCUT2D eigenvalue weighted by molar-refractivity contribution is 5.98. The molecular weight excluding hydrogens is 294 g/mol. The first kappa shape index (κ1) is 16.0. The molecule has 1 saturated heterocycles. The monoisotopic (exact) mass is 317 g/mol. The Morgan fingerprint density at radius 3 is 3.04 bits per heavy atom. The zero-order valence-electron chi connectivity index (χ0n) is 13.4. The quantitative estimate of drug-likeness (QED) is 0.850. The van der Waals surface area contributed by atoms with Crippen LogP contribution in [0.15, 0.2) is 24.3 Å². The van der Waals surface area contributed by atoms with Crippen molar-refractivity contribution in [3.63, 3.8) is 0 Å². The molecule has 3 rings (SSSR count). The number of amides is 2. The van der Waals surface area contributed by atoms with Crippen LogP contribution in [-0.2, 0) is 20.7 Å². The highest BCUT2D eigenvalue weighted by Gasteiger charge is 2.29. The van der Waals surface area contributed by atoms with Gasteiger partial charge in [-0.25, -0.2) is 0 Å². The van der Waals surface area contributed by atoms with E-state index in [-0.39, 0.29) is 24.5 Å². The fraction of sp³-hybridized carbons (Fsp3) is 0.529. The van der Waals surface area contributed by atoms with Crippen LogP contribution in [0.5, 0.6) is 0 Å². The molecule has 0 unspecified atom stereocenters. The normalized spacial score (nSPS) is 24.0. The predicted octanol–water partition coefficient (Wildman–Crippen LogP) is 0.459. The summed E-state index contributed by atoms with van der Waals surface area (Å²) < 4.78 is 5.46. The van der Waals surface area contributed by atoms with Crippen LogP contribution in [0.3, 0.4) is 0 Å². The van der Waals surface area contributed by atoms with E-state index in [1.54, 1.807) is 4.90 Å². The first-order valence-corrected chi connectivity index (χ1v) is 8.18. The number of aryl methyl sites for hydroxylation is 1. The maximum absolute atomic E-state index is 12.5. The summed E-state index contributed by atoms with van der Waals surface area (Å²) in [5.41, 5.74) is 2.15. The van der Waals surface area contributed by atoms with Crippen LogP contribution < -0.4 is 15.5 Å². The Balaban J connectivity index is 1.59. The Morgan fingerprint density at radius 2 is 2.22 bits per heavy atom. The van der Waals surface area contributed by atoms with Crippen molar-refractivity contribution in [2.45, 2.75) is 31.9 Å². The van der Waals surface area contributed by atoms with Crippen molar-refractivity contribution in [3.05, 3.63) is 29.8 Å². The van der Waals surface area contributed by atoms with Gasteiger partial charge in [0, 0.05) is 18.8 Å². The highest BCUT2D eigenvalue weighted by Crippen LogP contribution is 2.26. The maximum atomic E-state index is 12.5. The van der Waals surface area contributed by atoms with Crippen LogP contribution in [0.25, 0.3) is 0 Å². The van der Waals surface area contributed by atoms with Gasteiger partial charge in [0.05, 0.1) is 19.3 Å². The molecule has 23 heavy (non-hydrogen) atoms. The Kier molecular flexibility index (Phi) is 4.93. The standard InChI is InChI=1S/C17H23N3O3/c1-12-16(18-8-10-23-12)17(22)19-11-15(21)20-9-4-6-13-5-2-3-7-14(13)20/h2-3,5,7,12,16,18H,4,6,8-11H2,1H3,(H,19,22)/t12-,16+/m1/s1. The Morgan fingerprint density at radius 1 is 1.39 bits per heavy atom. The van der Waals surface area contributed by atoms with E-state index in [1.165, 1.54) is 5.56 Å². The van der Waals surface area contributed by atoms with Gasteiger partial charge in [-0.1, -0.05) is 18.2 Å². The fourth-order valence-corrected chi connectivity index (χ4v) is 3.19. The van der Waals surface area contributed by atoms with E-state index in [0.717, 1.165) is 18.5 Å². The number of para-hydroxylation sites is 1. The smallest absolute Gasteiger partial charge is 0.246 e. The van der Waals surface area contributed by atoms with Crippen LogP contribution in [-0.4, -0.2) is 50.2 Å². The molecule has 6 heteroatoms. The number of hydrogen-bond donors (Lipinski definition) is 2. The third-order valence-corrected chi connectivity index (χ3v) is 4.42. The largest absolute Gasteiger partial charge is 0.375 e. The minimum Gasteiger partial charge on any atom is -0.375 e. The first-order chi connectivity index (χ1) is 11.2. The summed E-state index contributed by atoms with van der Waals surface area (Å²) in [7, 11) is 0. The molecule has 0 radical (unpaired) electrons. The number of nitrogens with one attached hydrogen (secondary N) is 2. The van der Waals surface area contributed by atoms with Crippen molar-refractivity contribution in [1.82, 2.24) is 10.6 Å². The minimum atomic E-state index is -0.398. The topological polar surface area (TPSA) is 70.7 Å². The van der Waals surface area contributed by atoms with Gasteiger partial charge < -0.3 is 20.3 Å². The number of benzene rings is 1. The molecule has 124 valence electrons. The zero-order valence-corrected chi connectivity index (χ0v) is 13.4. The van der Waals surface area contributed by atoms with Gasteiger partial charge in [-0.2, -0.15) is 0 Å². The molecule has 2 aliphatic rings. The molecule has 1 aromatic rings. The summed E-state index contributed by atoms with van der Waals surface area (Å²) in [4.78, 5) is 26.5. The van der Waals surface area contributed by atoms with E-state index in [4.69, 9.17) is 4.74 Å². The average molecular weight is 317 g/mol. The lowest BCUT2D eigenvalue weighted by atomic mass is 10.0. The highest BCUT2D eigenvalue weighted by atomic mass is 16.5. The summed E-state index contributed by atoms with van der Waals surface area (Å²) in [6.07, 6.45) is 1.76. The van der Waals surface area contributed by atoms with Crippen molar-refractivity contribution in [2.24, 2.45) is 0 Å². The van der Waals surface area contributed by atoms with Gasteiger partial charge in [0.15, 0.2) is 0 Å². The van der Waals surface area contributed by atoms with Gasteiger partial charge in [0.1, 0.15) is 6.04 Å². The molecule has 6 nitrogen and oxygen atoms in total. The molecule has 0 aromatic heterocycles. The van der Waals surface area contributed by atoms with Crippen molar-refractivity contribution in [3.8, 4) is 0 Å². The number of carbonyl (C=O) groups excluding carboxylic acids is 2. The van der Waals surface area contributed by atoms with Gasteiger partial charge in [-0.05, 0) is 31.4 Å². The molecule has 0 spiro atoms. The van der Waals surface area contributed by atoms with Crippen LogP contribution in [0.1, 0.15) is 18.9 Å². The second kappa shape index (κ2) is 7.10. The predicted molar refractivity (Wildman–Crippen MR) is 87.3 cm³/mol. The van der Waals surface area contributed by atoms with Gasteiger partial charge >= 0.3 is 0 Å². The van der Waals surface area contributed by atoms with E-state index < -0.39 is 6.04 Å². The third-order valence-electron chi connectivity index (χ3n) is 4.42. The number of hydrogen-bond acceptors (Lipinski definition) is 4. The lowest BCUT2D eigenvalue weighted by Crippen LogP contribution is -2.56. The number of fused-ring (bicyclic) bond motifs is 1. The van der Waals surface area contributed by atoms with E-state index in [0.29, 0.717) is 19.7 Å². The minimum absolute atomic E-state index is 0.0120. The van der Waals surface area contributed by atoms with E-state index in [9.17, 15) is 9.59 Å². The molecule has 1 aromatic carbocycles. The summed E-state index contributed by atoms with van der Waals surface area (Å²) >= 11 is 0. The molecule has 0 aliphatic carbocycles. The molecule has 1 fully saturated rings. The second-order valence-corrected chi connectivity index (χ2v) is 6.00. The van der Waals surface area contributed by atoms with E-state index in [2.05, 4.69) is 16.7 Å².